The fourth-order valence-corrected chi connectivity index (χ4v) is 6.29. The van der Waals surface area contributed by atoms with Gasteiger partial charge in [0.05, 0.1) is 26.5 Å². The van der Waals surface area contributed by atoms with Crippen LogP contribution in [0.1, 0.15) is 42.7 Å². The first kappa shape index (κ1) is 20.4. The Morgan fingerprint density at radius 3 is 2.71 bits per heavy atom. The largest absolute Gasteiger partial charge is 0.272 e. The molecule has 0 unspecified atom stereocenters. The van der Waals surface area contributed by atoms with E-state index in [9.17, 15) is 8.78 Å². The third-order valence-electron chi connectivity index (χ3n) is 6.36. The van der Waals surface area contributed by atoms with Crippen molar-refractivity contribution in [1.29, 1.82) is 0 Å². The van der Waals surface area contributed by atoms with Gasteiger partial charge in [-0.05, 0) is 56.5 Å². The summed E-state index contributed by atoms with van der Waals surface area (Å²) in [5.41, 5.74) is 2.67. The van der Waals surface area contributed by atoms with E-state index in [0.29, 0.717) is 33.8 Å². The van der Waals surface area contributed by atoms with Crippen LogP contribution in [0, 0.1) is 24.5 Å². The molecule has 1 aliphatic carbocycles. The Bertz CT molecular complexity index is 1250. The van der Waals surface area contributed by atoms with E-state index in [-0.39, 0.29) is 17.9 Å². The van der Waals surface area contributed by atoms with Gasteiger partial charge in [-0.1, -0.05) is 0 Å². The molecule has 160 valence electrons. The molecule has 2 aliphatic rings. The van der Waals surface area contributed by atoms with Gasteiger partial charge in [0.15, 0.2) is 11.6 Å². The highest BCUT2D eigenvalue weighted by atomic mass is 32.2. The van der Waals surface area contributed by atoms with Crippen molar-refractivity contribution >= 4 is 27.8 Å². The third kappa shape index (κ3) is 3.23. The number of aliphatic imine (C=N–C) groups is 1. The Morgan fingerprint density at radius 1 is 1.13 bits per heavy atom. The molecule has 1 aromatic carbocycles. The summed E-state index contributed by atoms with van der Waals surface area (Å²) in [6.07, 6.45) is 4.04. The first-order chi connectivity index (χ1) is 14.8. The summed E-state index contributed by atoms with van der Waals surface area (Å²) in [6, 6.07) is 4.74. The molecule has 1 aliphatic heterocycles. The Hall–Kier alpha value is -2.48. The number of aryl methyl sites for hydroxylation is 1. The van der Waals surface area contributed by atoms with E-state index in [2.05, 4.69) is 19.9 Å². The highest BCUT2D eigenvalue weighted by Gasteiger charge is 2.66. The quantitative estimate of drug-likeness (QED) is 0.549. The number of aromatic nitrogens is 3. The maximum absolute atomic E-state index is 15.0. The maximum Gasteiger partial charge on any atom is 0.164 e. The van der Waals surface area contributed by atoms with Crippen molar-refractivity contribution in [3.05, 3.63) is 64.7 Å². The van der Waals surface area contributed by atoms with E-state index in [0.717, 1.165) is 5.56 Å². The van der Waals surface area contributed by atoms with Gasteiger partial charge in [0.2, 0.25) is 0 Å². The molecule has 0 saturated heterocycles. The monoisotopic (exact) mass is 442 g/mol. The fraction of sp³-hybridized carbons (Fsp3) is 0.391. The van der Waals surface area contributed by atoms with Crippen molar-refractivity contribution in [3.63, 3.8) is 0 Å². The molecule has 5 rings (SSSR count). The number of benzene rings is 1. The zero-order valence-corrected chi connectivity index (χ0v) is 18.2. The van der Waals surface area contributed by atoms with Crippen molar-refractivity contribution in [3.8, 4) is 0 Å². The molecule has 1 saturated carbocycles. The molecular weight excluding hydrogens is 421 g/mol. The molecule has 2 aromatic heterocycles. The van der Waals surface area contributed by atoms with Crippen LogP contribution < -0.4 is 0 Å². The van der Waals surface area contributed by atoms with Gasteiger partial charge in [-0.15, -0.1) is 11.8 Å². The second-order valence-corrected chi connectivity index (χ2v) is 10.3. The first-order valence-electron chi connectivity index (χ1n) is 10.1. The zero-order valence-electron chi connectivity index (χ0n) is 17.4. The van der Waals surface area contributed by atoms with Gasteiger partial charge >= 0.3 is 0 Å². The number of hydrogen-bond donors (Lipinski definition) is 0. The smallest absolute Gasteiger partial charge is 0.164 e. The van der Waals surface area contributed by atoms with Crippen molar-refractivity contribution in [2.75, 3.05) is 6.67 Å². The second-order valence-electron chi connectivity index (χ2n) is 8.65. The van der Waals surface area contributed by atoms with E-state index in [1.807, 2.05) is 13.0 Å². The topological polar surface area (TPSA) is 51.0 Å². The summed E-state index contributed by atoms with van der Waals surface area (Å²) in [5.74, 6) is -2.03. The fourth-order valence-electron chi connectivity index (χ4n) is 4.79. The van der Waals surface area contributed by atoms with Gasteiger partial charge in [0, 0.05) is 24.1 Å². The summed E-state index contributed by atoms with van der Waals surface area (Å²) in [4.78, 5) is 17.7. The van der Waals surface area contributed by atoms with E-state index in [1.54, 1.807) is 26.1 Å². The molecule has 0 spiro atoms. The molecule has 31 heavy (non-hydrogen) atoms. The van der Waals surface area contributed by atoms with Gasteiger partial charge < -0.3 is 0 Å². The summed E-state index contributed by atoms with van der Waals surface area (Å²) in [5, 5.41) is 0.695. The number of rotatable bonds is 4. The first-order valence-corrected chi connectivity index (χ1v) is 10.9. The van der Waals surface area contributed by atoms with E-state index < -0.39 is 28.6 Å². The summed E-state index contributed by atoms with van der Waals surface area (Å²) in [6.45, 7) is 5.00. The number of thioether (sulfide) groups is 1. The number of fused-ring (bicyclic) bond motifs is 2. The lowest BCUT2D eigenvalue weighted by molar-refractivity contribution is 0.356. The van der Waals surface area contributed by atoms with Crippen molar-refractivity contribution in [2.24, 2.45) is 10.9 Å². The zero-order chi connectivity index (χ0) is 22.0. The molecule has 3 atom stereocenters. The van der Waals surface area contributed by atoms with Gasteiger partial charge in [-0.2, -0.15) is 0 Å². The predicted octanol–water partition coefficient (Wildman–Crippen LogP) is 5.31. The van der Waals surface area contributed by atoms with Crippen LogP contribution >= 0.6 is 11.8 Å². The molecule has 3 heterocycles. The Kier molecular flexibility index (Phi) is 4.62. The lowest BCUT2D eigenvalue weighted by atomic mass is 9.84. The molecule has 1 fully saturated rings. The standard InChI is InChI=1S/C23H21F3N4S/c1-12-4-17-21(27-9-12)18(29-11-28-17)7-14-5-15(20(26)16(25)6-14)22(3)19-8-23(19,10-24)31-13(2)30-22/h4-6,9,11,19H,7-8,10H2,1-3H3/t19-,22+,23+/m0/s1. The maximum atomic E-state index is 15.0. The highest BCUT2D eigenvalue weighted by molar-refractivity contribution is 8.15. The van der Waals surface area contributed by atoms with Gasteiger partial charge in [-0.25, -0.2) is 23.1 Å². The number of alkyl halides is 1. The minimum atomic E-state index is -1.01. The van der Waals surface area contributed by atoms with Gasteiger partial charge in [0.1, 0.15) is 18.5 Å². The molecule has 0 bridgehead atoms. The lowest BCUT2D eigenvalue weighted by Gasteiger charge is -2.34. The molecule has 3 aromatic rings. The second kappa shape index (κ2) is 7.02. The average Bonchev–Trinajstić information content (AvgIpc) is 3.46. The van der Waals surface area contributed by atoms with Crippen LogP contribution in [0.3, 0.4) is 0 Å². The van der Waals surface area contributed by atoms with Crippen LogP contribution in [0.4, 0.5) is 13.2 Å². The Labute approximate surface area is 182 Å². The van der Waals surface area contributed by atoms with Crippen LogP contribution in [0.15, 0.2) is 35.7 Å². The Balaban J connectivity index is 1.59. The number of hydrogen-bond acceptors (Lipinski definition) is 5. The normalized spacial score (nSPS) is 27.2. The van der Waals surface area contributed by atoms with E-state index in [1.165, 1.54) is 24.2 Å². The molecule has 4 nitrogen and oxygen atoms in total. The van der Waals surface area contributed by atoms with Crippen LogP contribution in [-0.2, 0) is 12.0 Å². The number of halogens is 3. The summed E-state index contributed by atoms with van der Waals surface area (Å²) < 4.78 is 42.9. The summed E-state index contributed by atoms with van der Waals surface area (Å²) >= 11 is 1.41. The SMILES string of the molecule is CC1=N[C@](C)(c2cc(Cc3ncnc4cc(C)cnc34)cc(F)c2F)[C@@H]2C[C@]2(CF)S1. The molecule has 8 heteroatoms. The Morgan fingerprint density at radius 2 is 1.94 bits per heavy atom. The molecule has 0 N–H and O–H groups in total. The average molecular weight is 443 g/mol. The van der Waals surface area contributed by atoms with Crippen LogP contribution in [0.2, 0.25) is 0 Å². The minimum absolute atomic E-state index is 0.171. The van der Waals surface area contributed by atoms with E-state index in [4.69, 9.17) is 0 Å². The third-order valence-corrected chi connectivity index (χ3v) is 7.72. The van der Waals surface area contributed by atoms with Crippen LogP contribution in [-0.4, -0.2) is 31.4 Å². The van der Waals surface area contributed by atoms with Crippen molar-refractivity contribution in [1.82, 2.24) is 15.0 Å². The predicted molar refractivity (Wildman–Crippen MR) is 116 cm³/mol. The minimum Gasteiger partial charge on any atom is -0.272 e. The molecule has 0 radical (unpaired) electrons. The van der Waals surface area contributed by atoms with Crippen molar-refractivity contribution < 1.29 is 13.2 Å². The number of pyridine rings is 1. The van der Waals surface area contributed by atoms with Crippen LogP contribution in [0.25, 0.3) is 11.0 Å². The highest BCUT2D eigenvalue weighted by Crippen LogP contribution is 2.66. The van der Waals surface area contributed by atoms with Crippen LogP contribution in [0.5, 0.6) is 0 Å². The van der Waals surface area contributed by atoms with E-state index >= 15 is 4.39 Å². The van der Waals surface area contributed by atoms with Gasteiger partial charge in [0.25, 0.3) is 0 Å². The van der Waals surface area contributed by atoms with Crippen molar-refractivity contribution in [2.45, 2.75) is 43.9 Å². The van der Waals surface area contributed by atoms with Gasteiger partial charge in [-0.3, -0.25) is 9.98 Å². The molecular formula is C23H21F3N4S. The number of nitrogens with zero attached hydrogens (tertiary/aromatic N) is 4. The lowest BCUT2D eigenvalue weighted by Crippen LogP contribution is -2.34. The summed E-state index contributed by atoms with van der Waals surface area (Å²) in [7, 11) is 0. The molecule has 0 amide bonds.